The van der Waals surface area contributed by atoms with Gasteiger partial charge in [-0.2, -0.15) is 0 Å². The van der Waals surface area contributed by atoms with Crippen molar-refractivity contribution in [2.45, 2.75) is 46.2 Å². The highest BCUT2D eigenvalue weighted by Crippen LogP contribution is 2.22. The summed E-state index contributed by atoms with van der Waals surface area (Å²) in [4.78, 5) is 2.37. The molecule has 0 saturated carbocycles. The lowest BCUT2D eigenvalue weighted by Gasteiger charge is -2.37. The molecule has 0 saturated heterocycles. The number of nitrogens with zero attached hydrogens (tertiary/aromatic N) is 1. The molecule has 1 heterocycles. The molecule has 0 aromatic carbocycles. The van der Waals surface area contributed by atoms with E-state index in [1.54, 1.807) is 6.08 Å². The fraction of sp³-hybridized carbons (Fsp3) is 0.818. The van der Waals surface area contributed by atoms with Gasteiger partial charge in [-0.3, -0.25) is 4.90 Å². The molecule has 0 bridgehead atoms. The zero-order chi connectivity index (χ0) is 10.0. The van der Waals surface area contributed by atoms with Crippen molar-refractivity contribution < 1.29 is 4.39 Å². The van der Waals surface area contributed by atoms with E-state index in [1.807, 2.05) is 0 Å². The normalized spacial score (nSPS) is 27.5. The quantitative estimate of drug-likeness (QED) is 0.639. The summed E-state index contributed by atoms with van der Waals surface area (Å²) in [5.74, 6) is 0.691. The van der Waals surface area contributed by atoms with Crippen molar-refractivity contribution >= 4 is 0 Å². The maximum atomic E-state index is 12.9. The minimum absolute atomic E-state index is 0.0553. The van der Waals surface area contributed by atoms with Crippen LogP contribution in [0.1, 0.15) is 34.1 Å². The number of hydrogen-bond donors (Lipinski definition) is 0. The molecule has 0 fully saturated rings. The minimum Gasteiger partial charge on any atom is -0.294 e. The Kier molecular flexibility index (Phi) is 3.48. The van der Waals surface area contributed by atoms with Gasteiger partial charge in [0.25, 0.3) is 0 Å². The van der Waals surface area contributed by atoms with Crippen LogP contribution in [-0.4, -0.2) is 23.5 Å². The Morgan fingerprint density at radius 2 is 2.08 bits per heavy atom. The van der Waals surface area contributed by atoms with Gasteiger partial charge in [0, 0.05) is 25.0 Å². The molecule has 0 spiro atoms. The van der Waals surface area contributed by atoms with Gasteiger partial charge in [0.15, 0.2) is 0 Å². The second-order valence-corrected chi connectivity index (χ2v) is 4.33. The molecule has 0 aromatic rings. The van der Waals surface area contributed by atoms with E-state index in [9.17, 15) is 4.39 Å². The first-order chi connectivity index (χ1) is 6.02. The van der Waals surface area contributed by atoms with E-state index in [0.717, 1.165) is 6.54 Å². The highest BCUT2D eigenvalue weighted by Gasteiger charge is 2.24. The van der Waals surface area contributed by atoms with Gasteiger partial charge in [0.05, 0.1) is 5.83 Å². The predicted octanol–water partition coefficient (Wildman–Crippen LogP) is 2.98. The number of halogens is 1. The molecule has 0 N–H and O–H groups in total. The van der Waals surface area contributed by atoms with Crippen LogP contribution >= 0.6 is 0 Å². The third kappa shape index (κ3) is 2.53. The van der Waals surface area contributed by atoms with Crippen molar-refractivity contribution in [3.8, 4) is 0 Å². The van der Waals surface area contributed by atoms with Crippen molar-refractivity contribution in [3.05, 3.63) is 11.9 Å². The molecule has 13 heavy (non-hydrogen) atoms. The smallest absolute Gasteiger partial charge is 0.0988 e. The predicted molar refractivity (Wildman–Crippen MR) is 54.3 cm³/mol. The van der Waals surface area contributed by atoms with E-state index in [2.05, 4.69) is 32.6 Å². The molecule has 76 valence electrons. The monoisotopic (exact) mass is 185 g/mol. The van der Waals surface area contributed by atoms with Crippen LogP contribution in [-0.2, 0) is 0 Å². The molecule has 2 heteroatoms. The third-order valence-electron chi connectivity index (χ3n) is 3.04. The third-order valence-corrected chi connectivity index (χ3v) is 3.04. The molecule has 2 atom stereocenters. The van der Waals surface area contributed by atoms with Crippen molar-refractivity contribution in [2.24, 2.45) is 5.92 Å². The lowest BCUT2D eigenvalue weighted by molar-refractivity contribution is 0.132. The molecule has 0 aromatic heterocycles. The largest absolute Gasteiger partial charge is 0.294 e. The summed E-state index contributed by atoms with van der Waals surface area (Å²) >= 11 is 0. The summed E-state index contributed by atoms with van der Waals surface area (Å²) < 4.78 is 12.9. The fourth-order valence-corrected chi connectivity index (χ4v) is 1.84. The average molecular weight is 185 g/mol. The van der Waals surface area contributed by atoms with E-state index >= 15 is 0 Å². The number of hydrogen-bond acceptors (Lipinski definition) is 1. The topological polar surface area (TPSA) is 3.24 Å². The van der Waals surface area contributed by atoms with Gasteiger partial charge < -0.3 is 0 Å². The summed E-state index contributed by atoms with van der Waals surface area (Å²) in [6, 6.07) is 0.797. The highest BCUT2D eigenvalue weighted by atomic mass is 19.1. The Morgan fingerprint density at radius 1 is 1.46 bits per heavy atom. The van der Waals surface area contributed by atoms with Gasteiger partial charge in [0.1, 0.15) is 0 Å². The van der Waals surface area contributed by atoms with E-state index in [0.29, 0.717) is 18.4 Å². The van der Waals surface area contributed by atoms with Crippen LogP contribution in [0.15, 0.2) is 11.9 Å². The Hall–Kier alpha value is -0.370. The first kappa shape index (κ1) is 10.7. The average Bonchev–Trinajstić information content (AvgIpc) is 2.03. The van der Waals surface area contributed by atoms with Crippen LogP contribution in [0.2, 0.25) is 0 Å². The molecular formula is C11H20FN. The first-order valence-electron chi connectivity index (χ1n) is 5.14. The zero-order valence-corrected chi connectivity index (χ0v) is 9.05. The van der Waals surface area contributed by atoms with Crippen LogP contribution in [0, 0.1) is 5.92 Å². The van der Waals surface area contributed by atoms with Gasteiger partial charge in [-0.25, -0.2) is 4.39 Å². The van der Waals surface area contributed by atoms with Crippen LogP contribution in [0.25, 0.3) is 0 Å². The maximum absolute atomic E-state index is 12.9. The Labute approximate surface area is 80.6 Å². The van der Waals surface area contributed by atoms with Gasteiger partial charge in [-0.1, -0.05) is 13.8 Å². The van der Waals surface area contributed by atoms with Crippen molar-refractivity contribution in [2.75, 3.05) is 6.54 Å². The summed E-state index contributed by atoms with van der Waals surface area (Å²) in [7, 11) is 0. The molecule has 1 nitrogen and oxygen atoms in total. The molecular weight excluding hydrogens is 165 g/mol. The Balaban J connectivity index is 2.62. The summed E-state index contributed by atoms with van der Waals surface area (Å²) in [5.41, 5.74) is 0. The number of rotatable bonds is 2. The Bertz CT molecular complexity index is 198. The van der Waals surface area contributed by atoms with Crippen LogP contribution in [0.3, 0.4) is 0 Å². The SMILES string of the molecule is CC(C)C(C)N1CCC(F)=CC1C. The minimum atomic E-state index is 0.0553. The Morgan fingerprint density at radius 3 is 2.54 bits per heavy atom. The van der Waals surface area contributed by atoms with E-state index in [-0.39, 0.29) is 11.9 Å². The molecule has 0 radical (unpaired) electrons. The van der Waals surface area contributed by atoms with Crippen molar-refractivity contribution in [1.82, 2.24) is 4.90 Å². The van der Waals surface area contributed by atoms with Gasteiger partial charge >= 0.3 is 0 Å². The molecule has 2 unspecified atom stereocenters. The lowest BCUT2D eigenvalue weighted by Crippen LogP contribution is -2.44. The van der Waals surface area contributed by atoms with Gasteiger partial charge in [-0.05, 0) is 25.8 Å². The fourth-order valence-electron chi connectivity index (χ4n) is 1.84. The lowest BCUT2D eigenvalue weighted by atomic mass is 10.00. The van der Waals surface area contributed by atoms with Crippen LogP contribution in [0.5, 0.6) is 0 Å². The first-order valence-corrected chi connectivity index (χ1v) is 5.14. The molecule has 0 amide bonds. The summed E-state index contributed by atoms with van der Waals surface area (Å²) in [5, 5.41) is 0. The van der Waals surface area contributed by atoms with Gasteiger partial charge in [-0.15, -0.1) is 0 Å². The maximum Gasteiger partial charge on any atom is 0.0988 e. The second kappa shape index (κ2) is 4.23. The van der Waals surface area contributed by atoms with Crippen molar-refractivity contribution in [1.29, 1.82) is 0 Å². The highest BCUT2D eigenvalue weighted by molar-refractivity contribution is 5.04. The van der Waals surface area contributed by atoms with Crippen LogP contribution < -0.4 is 0 Å². The van der Waals surface area contributed by atoms with E-state index < -0.39 is 0 Å². The van der Waals surface area contributed by atoms with E-state index in [4.69, 9.17) is 0 Å². The molecule has 0 aliphatic carbocycles. The molecule has 1 rings (SSSR count). The van der Waals surface area contributed by atoms with Crippen molar-refractivity contribution in [3.63, 3.8) is 0 Å². The summed E-state index contributed by atoms with van der Waals surface area (Å²) in [6.45, 7) is 9.58. The summed E-state index contributed by atoms with van der Waals surface area (Å²) in [6.07, 6.45) is 2.32. The zero-order valence-electron chi connectivity index (χ0n) is 9.05. The van der Waals surface area contributed by atoms with E-state index in [1.165, 1.54) is 0 Å². The standard InChI is InChI=1S/C11H20FN/c1-8(2)10(4)13-6-5-11(12)7-9(13)3/h7-10H,5-6H2,1-4H3. The second-order valence-electron chi connectivity index (χ2n) is 4.33. The molecule has 1 aliphatic heterocycles. The van der Waals surface area contributed by atoms with Gasteiger partial charge in [0.2, 0.25) is 0 Å². The molecule has 1 aliphatic rings. The van der Waals surface area contributed by atoms with Crippen LogP contribution in [0.4, 0.5) is 4.39 Å².